The van der Waals surface area contributed by atoms with Gasteiger partial charge in [-0.15, -0.1) is 11.3 Å². The average molecular weight is 291 g/mol. The Morgan fingerprint density at radius 3 is 2.60 bits per heavy atom. The zero-order chi connectivity index (χ0) is 11.4. The molecule has 0 aliphatic heterocycles. The Labute approximate surface area is 101 Å². The number of methoxy groups -OCH3 is 1. The third-order valence-electron chi connectivity index (χ3n) is 1.92. The number of hydrogen-bond donors (Lipinski definition) is 0. The number of aryl methyl sites for hydroxylation is 1. The van der Waals surface area contributed by atoms with Crippen molar-refractivity contribution in [1.29, 1.82) is 0 Å². The van der Waals surface area contributed by atoms with Crippen LogP contribution in [0.4, 0.5) is 0 Å². The summed E-state index contributed by atoms with van der Waals surface area (Å²) in [5.41, 5.74) is 0. The van der Waals surface area contributed by atoms with Crippen LogP contribution in [0.3, 0.4) is 0 Å². The summed E-state index contributed by atoms with van der Waals surface area (Å²) in [6.45, 7) is 1.94. The van der Waals surface area contributed by atoms with E-state index in [1.807, 2.05) is 6.92 Å². The molecule has 0 bridgehead atoms. The van der Waals surface area contributed by atoms with Crippen LogP contribution >= 0.6 is 27.3 Å². The Morgan fingerprint density at radius 1 is 1.47 bits per heavy atom. The zero-order valence-electron chi connectivity index (χ0n) is 8.50. The van der Waals surface area contributed by atoms with Crippen LogP contribution in [-0.4, -0.2) is 18.9 Å². The van der Waals surface area contributed by atoms with Crippen LogP contribution in [0.1, 0.15) is 27.4 Å². The number of rotatable bonds is 4. The first-order chi connectivity index (χ1) is 7.04. The summed E-state index contributed by atoms with van der Waals surface area (Å²) in [5.74, 6) is -0.366. The molecule has 0 spiro atoms. The molecule has 0 aliphatic carbocycles. The standard InChI is InChI=1S/C10H11BrO3S/c1-6-7(11)5-9(15-6)8(12)3-4-10(13)14-2/h5H,3-4H2,1-2H3. The molecule has 3 nitrogen and oxygen atoms in total. The van der Waals surface area contributed by atoms with Gasteiger partial charge in [-0.1, -0.05) is 0 Å². The number of carbonyl (C=O) groups excluding carboxylic acids is 2. The van der Waals surface area contributed by atoms with E-state index in [2.05, 4.69) is 20.7 Å². The molecule has 0 amide bonds. The number of thiophene rings is 1. The van der Waals surface area contributed by atoms with Crippen LogP contribution in [0.2, 0.25) is 0 Å². The van der Waals surface area contributed by atoms with Gasteiger partial charge in [-0.2, -0.15) is 0 Å². The Balaban J connectivity index is 2.58. The largest absolute Gasteiger partial charge is 0.469 e. The highest BCUT2D eigenvalue weighted by Gasteiger charge is 2.13. The lowest BCUT2D eigenvalue weighted by Crippen LogP contribution is -2.04. The van der Waals surface area contributed by atoms with E-state index in [1.54, 1.807) is 6.07 Å². The molecule has 0 aromatic carbocycles. The second kappa shape index (κ2) is 5.42. The number of ketones is 1. The number of esters is 1. The molecule has 1 heterocycles. The van der Waals surface area contributed by atoms with Crippen LogP contribution in [0.5, 0.6) is 0 Å². The summed E-state index contributed by atoms with van der Waals surface area (Å²) in [5, 5.41) is 0. The van der Waals surface area contributed by atoms with Gasteiger partial charge in [0.25, 0.3) is 0 Å². The summed E-state index contributed by atoms with van der Waals surface area (Å²) in [4.78, 5) is 24.2. The Bertz CT molecular complexity index is 365. The van der Waals surface area contributed by atoms with Crippen molar-refractivity contribution in [3.63, 3.8) is 0 Å². The van der Waals surface area contributed by atoms with Gasteiger partial charge < -0.3 is 4.74 Å². The summed E-state index contributed by atoms with van der Waals surface area (Å²) < 4.78 is 5.41. The number of ether oxygens (including phenoxy) is 1. The number of Topliss-reactive ketones (excluding diaryl/α,β-unsaturated/α-hetero) is 1. The molecule has 0 unspecified atom stereocenters. The maximum absolute atomic E-state index is 11.6. The molecule has 0 atom stereocenters. The third kappa shape index (κ3) is 3.43. The van der Waals surface area contributed by atoms with Gasteiger partial charge >= 0.3 is 5.97 Å². The second-order valence-electron chi connectivity index (χ2n) is 3.01. The van der Waals surface area contributed by atoms with Crippen molar-refractivity contribution in [2.75, 3.05) is 7.11 Å². The molecule has 0 radical (unpaired) electrons. The van der Waals surface area contributed by atoms with Crippen LogP contribution in [0.25, 0.3) is 0 Å². The van der Waals surface area contributed by atoms with E-state index in [1.165, 1.54) is 18.4 Å². The van der Waals surface area contributed by atoms with Crippen LogP contribution in [0, 0.1) is 6.92 Å². The summed E-state index contributed by atoms with van der Waals surface area (Å²) in [7, 11) is 1.32. The van der Waals surface area contributed by atoms with E-state index in [4.69, 9.17) is 0 Å². The minimum atomic E-state index is -0.351. The first-order valence-electron chi connectivity index (χ1n) is 4.40. The molecular formula is C10H11BrO3S. The van der Waals surface area contributed by atoms with E-state index in [0.29, 0.717) is 4.88 Å². The minimum absolute atomic E-state index is 0.0146. The fourth-order valence-corrected chi connectivity index (χ4v) is 2.54. The molecule has 82 valence electrons. The summed E-state index contributed by atoms with van der Waals surface area (Å²) in [6.07, 6.45) is 0.350. The normalized spacial score (nSPS) is 10.1. The van der Waals surface area contributed by atoms with E-state index in [9.17, 15) is 9.59 Å². The van der Waals surface area contributed by atoms with Gasteiger partial charge in [-0.25, -0.2) is 0 Å². The average Bonchev–Trinajstić information content (AvgIpc) is 2.55. The minimum Gasteiger partial charge on any atom is -0.469 e. The van der Waals surface area contributed by atoms with Gasteiger partial charge in [0.1, 0.15) is 0 Å². The van der Waals surface area contributed by atoms with Gasteiger partial charge in [0.2, 0.25) is 0 Å². The first kappa shape index (κ1) is 12.4. The third-order valence-corrected chi connectivity index (χ3v) is 4.09. The highest BCUT2D eigenvalue weighted by atomic mass is 79.9. The molecule has 0 fully saturated rings. The van der Waals surface area contributed by atoms with Crippen molar-refractivity contribution in [2.45, 2.75) is 19.8 Å². The molecule has 0 aliphatic rings. The highest BCUT2D eigenvalue weighted by molar-refractivity contribution is 9.10. The Morgan fingerprint density at radius 2 is 2.13 bits per heavy atom. The monoisotopic (exact) mass is 290 g/mol. The Hall–Kier alpha value is -0.680. The predicted molar refractivity (Wildman–Crippen MR) is 62.3 cm³/mol. The smallest absolute Gasteiger partial charge is 0.305 e. The van der Waals surface area contributed by atoms with E-state index in [-0.39, 0.29) is 24.6 Å². The maximum atomic E-state index is 11.6. The first-order valence-corrected chi connectivity index (χ1v) is 6.01. The van der Waals surface area contributed by atoms with Gasteiger partial charge in [-0.05, 0) is 28.9 Å². The van der Waals surface area contributed by atoms with Gasteiger partial charge in [0, 0.05) is 15.8 Å². The fourth-order valence-electron chi connectivity index (χ4n) is 1.04. The molecule has 0 N–H and O–H groups in total. The summed E-state index contributed by atoms with van der Waals surface area (Å²) in [6, 6.07) is 1.79. The highest BCUT2D eigenvalue weighted by Crippen LogP contribution is 2.27. The molecule has 1 rings (SSSR count). The lowest BCUT2D eigenvalue weighted by Gasteiger charge is -1.96. The lowest BCUT2D eigenvalue weighted by atomic mass is 10.2. The zero-order valence-corrected chi connectivity index (χ0v) is 10.9. The topological polar surface area (TPSA) is 43.4 Å². The lowest BCUT2D eigenvalue weighted by molar-refractivity contribution is -0.140. The number of hydrogen-bond acceptors (Lipinski definition) is 4. The fraction of sp³-hybridized carbons (Fsp3) is 0.400. The van der Waals surface area contributed by atoms with Crippen molar-refractivity contribution >= 4 is 39.0 Å². The molecule has 5 heteroatoms. The molecule has 1 aromatic rings. The second-order valence-corrected chi connectivity index (χ2v) is 5.12. The van der Waals surface area contributed by atoms with Crippen LogP contribution < -0.4 is 0 Å². The molecule has 15 heavy (non-hydrogen) atoms. The molecule has 0 saturated heterocycles. The number of carbonyl (C=O) groups is 2. The van der Waals surface area contributed by atoms with Gasteiger partial charge in [-0.3, -0.25) is 9.59 Å². The van der Waals surface area contributed by atoms with Gasteiger partial charge in [0.05, 0.1) is 18.4 Å². The van der Waals surface area contributed by atoms with Crippen molar-refractivity contribution in [2.24, 2.45) is 0 Å². The molecule has 0 saturated carbocycles. The molecule has 1 aromatic heterocycles. The van der Waals surface area contributed by atoms with Gasteiger partial charge in [0.15, 0.2) is 5.78 Å². The van der Waals surface area contributed by atoms with E-state index in [0.717, 1.165) is 9.35 Å². The maximum Gasteiger partial charge on any atom is 0.305 e. The van der Waals surface area contributed by atoms with Crippen LogP contribution in [-0.2, 0) is 9.53 Å². The van der Waals surface area contributed by atoms with E-state index >= 15 is 0 Å². The Kier molecular flexibility index (Phi) is 4.47. The van der Waals surface area contributed by atoms with Crippen molar-refractivity contribution in [3.05, 3.63) is 20.3 Å². The number of halogens is 1. The van der Waals surface area contributed by atoms with Crippen LogP contribution in [0.15, 0.2) is 10.5 Å². The van der Waals surface area contributed by atoms with E-state index < -0.39 is 0 Å². The van der Waals surface area contributed by atoms with Crippen molar-refractivity contribution < 1.29 is 14.3 Å². The SMILES string of the molecule is COC(=O)CCC(=O)c1cc(Br)c(C)s1. The molecular weight excluding hydrogens is 280 g/mol. The summed E-state index contributed by atoms with van der Waals surface area (Å²) >= 11 is 4.78. The predicted octanol–water partition coefficient (Wildman–Crippen LogP) is 2.95. The van der Waals surface area contributed by atoms with Crippen molar-refractivity contribution in [1.82, 2.24) is 0 Å². The van der Waals surface area contributed by atoms with Crippen molar-refractivity contribution in [3.8, 4) is 0 Å². The quantitative estimate of drug-likeness (QED) is 0.632.